The van der Waals surface area contributed by atoms with E-state index in [1.165, 1.54) is 18.3 Å². The monoisotopic (exact) mass is 364 g/mol. The predicted octanol–water partition coefficient (Wildman–Crippen LogP) is 4.02. The van der Waals surface area contributed by atoms with Crippen molar-refractivity contribution in [3.8, 4) is 28.1 Å². The topological polar surface area (TPSA) is 73.9 Å². The molecule has 2 aromatic heterocycles. The van der Waals surface area contributed by atoms with Gasteiger partial charge in [0.05, 0.1) is 5.69 Å². The maximum atomic E-state index is 13.1. The van der Waals surface area contributed by atoms with Crippen LogP contribution in [0.4, 0.5) is 23.5 Å². The molecule has 0 saturated carbocycles. The molecule has 9 heteroatoms. The number of alkyl halides is 4. The molecule has 0 fully saturated rings. The van der Waals surface area contributed by atoms with Gasteiger partial charge in [0.25, 0.3) is 0 Å². The molecule has 26 heavy (non-hydrogen) atoms. The van der Waals surface area contributed by atoms with Gasteiger partial charge in [-0.25, -0.2) is 9.97 Å². The number of nitrogen functional groups attached to an aromatic ring is 1. The maximum Gasteiger partial charge on any atom is 0.461 e. The molecule has 0 amide bonds. The van der Waals surface area contributed by atoms with Gasteiger partial charge >= 0.3 is 12.5 Å². The molecule has 0 spiro atoms. The van der Waals surface area contributed by atoms with Gasteiger partial charge in [0.15, 0.2) is 0 Å². The Bertz CT molecular complexity index is 906. The first-order valence-electron chi connectivity index (χ1n) is 7.35. The summed E-state index contributed by atoms with van der Waals surface area (Å²) in [5.41, 5.74) is 7.54. The third kappa shape index (κ3) is 3.71. The minimum atomic E-state index is -4.59. The lowest BCUT2D eigenvalue weighted by Crippen LogP contribution is -2.33. The van der Waals surface area contributed by atoms with Gasteiger partial charge in [-0.15, -0.1) is 0 Å². The summed E-state index contributed by atoms with van der Waals surface area (Å²) in [7, 11) is 0. The van der Waals surface area contributed by atoms with E-state index in [2.05, 4.69) is 19.7 Å². The van der Waals surface area contributed by atoms with Gasteiger partial charge in [-0.1, -0.05) is 12.1 Å². The Hall–Kier alpha value is -3.23. The molecule has 0 aliphatic rings. The Morgan fingerprint density at radius 1 is 1.04 bits per heavy atom. The fraction of sp³-hybridized carbons (Fsp3) is 0.118. The average molecular weight is 364 g/mol. The molecule has 0 aliphatic carbocycles. The van der Waals surface area contributed by atoms with Crippen molar-refractivity contribution in [3.63, 3.8) is 0 Å². The van der Waals surface area contributed by atoms with Crippen LogP contribution in [-0.2, 0) is 0 Å². The van der Waals surface area contributed by atoms with E-state index in [0.29, 0.717) is 22.4 Å². The number of nitrogens with zero attached hydrogens (tertiary/aromatic N) is 3. The van der Waals surface area contributed by atoms with E-state index in [1.54, 1.807) is 30.6 Å². The van der Waals surface area contributed by atoms with E-state index in [9.17, 15) is 17.6 Å². The lowest BCUT2D eigenvalue weighted by molar-refractivity contribution is -0.253. The maximum absolute atomic E-state index is 13.1. The summed E-state index contributed by atoms with van der Waals surface area (Å²) in [6.07, 6.45) is -4.00. The standard InChI is InChI=1S/C17H12F4N4O/c18-15(19)17(20,21)26-12-5-1-3-10(7-12)13-9-24-16(22)25-14(13)11-4-2-6-23-8-11/h1-9,15H,(H2,22,24,25). The fourth-order valence-electron chi connectivity index (χ4n) is 2.26. The van der Waals surface area contributed by atoms with Crippen LogP contribution >= 0.6 is 0 Å². The molecule has 134 valence electrons. The van der Waals surface area contributed by atoms with E-state index in [-0.39, 0.29) is 5.95 Å². The number of anilines is 1. The number of hydrogen-bond acceptors (Lipinski definition) is 5. The van der Waals surface area contributed by atoms with Gasteiger partial charge in [0, 0.05) is 29.7 Å². The zero-order valence-corrected chi connectivity index (χ0v) is 13.1. The summed E-state index contributed by atoms with van der Waals surface area (Å²) in [6.45, 7) is 0. The highest BCUT2D eigenvalue weighted by atomic mass is 19.3. The third-order valence-electron chi connectivity index (χ3n) is 3.40. The summed E-state index contributed by atoms with van der Waals surface area (Å²) in [4.78, 5) is 12.1. The Morgan fingerprint density at radius 2 is 1.81 bits per heavy atom. The second-order valence-corrected chi connectivity index (χ2v) is 5.22. The van der Waals surface area contributed by atoms with Crippen LogP contribution in [-0.4, -0.2) is 27.5 Å². The lowest BCUT2D eigenvalue weighted by Gasteiger charge is -2.17. The van der Waals surface area contributed by atoms with Crippen LogP contribution in [0.15, 0.2) is 55.0 Å². The van der Waals surface area contributed by atoms with Crippen LogP contribution in [0.5, 0.6) is 5.75 Å². The molecule has 2 N–H and O–H groups in total. The highest BCUT2D eigenvalue weighted by Gasteiger charge is 2.44. The lowest BCUT2D eigenvalue weighted by atomic mass is 10.0. The number of benzene rings is 1. The predicted molar refractivity (Wildman–Crippen MR) is 86.7 cm³/mol. The van der Waals surface area contributed by atoms with Gasteiger partial charge in [-0.05, 0) is 29.8 Å². The van der Waals surface area contributed by atoms with E-state index in [1.807, 2.05) is 0 Å². The van der Waals surface area contributed by atoms with E-state index in [0.717, 1.165) is 6.07 Å². The number of rotatable bonds is 5. The average Bonchev–Trinajstić information content (AvgIpc) is 2.62. The third-order valence-corrected chi connectivity index (χ3v) is 3.40. The van der Waals surface area contributed by atoms with Crippen LogP contribution in [0, 0.1) is 0 Å². The largest absolute Gasteiger partial charge is 0.461 e. The highest BCUT2D eigenvalue weighted by Crippen LogP contribution is 2.34. The van der Waals surface area contributed by atoms with Crippen molar-refractivity contribution in [2.45, 2.75) is 12.5 Å². The Labute approximate surface area is 145 Å². The summed E-state index contributed by atoms with van der Waals surface area (Å²) in [6, 6.07) is 8.77. The Morgan fingerprint density at radius 3 is 2.50 bits per heavy atom. The molecule has 0 radical (unpaired) electrons. The second kappa shape index (κ2) is 6.95. The van der Waals surface area contributed by atoms with E-state index in [4.69, 9.17) is 5.73 Å². The van der Waals surface area contributed by atoms with Gasteiger partial charge < -0.3 is 10.5 Å². The molecule has 0 unspecified atom stereocenters. The molecule has 0 atom stereocenters. The van der Waals surface area contributed by atoms with Gasteiger partial charge in [0.2, 0.25) is 5.95 Å². The quantitative estimate of drug-likeness (QED) is 0.692. The SMILES string of the molecule is Nc1ncc(-c2cccc(OC(F)(F)C(F)F)c2)c(-c2cccnc2)n1. The van der Waals surface area contributed by atoms with E-state index < -0.39 is 18.3 Å². The molecule has 3 rings (SSSR count). The molecule has 3 aromatic rings. The first kappa shape index (κ1) is 17.6. The van der Waals surface area contributed by atoms with Crippen molar-refractivity contribution >= 4 is 5.95 Å². The summed E-state index contributed by atoms with van der Waals surface area (Å²) < 4.78 is 55.1. The molecule has 0 bridgehead atoms. The van der Waals surface area contributed by atoms with Crippen LogP contribution in [0.2, 0.25) is 0 Å². The van der Waals surface area contributed by atoms with Crippen LogP contribution in [0.25, 0.3) is 22.4 Å². The van der Waals surface area contributed by atoms with E-state index >= 15 is 0 Å². The number of aromatic nitrogens is 3. The molecule has 5 nitrogen and oxygen atoms in total. The summed E-state index contributed by atoms with van der Waals surface area (Å²) in [5.74, 6) is -0.397. The first-order chi connectivity index (χ1) is 12.4. The molecular formula is C17H12F4N4O. The fourth-order valence-corrected chi connectivity index (χ4v) is 2.26. The minimum Gasteiger partial charge on any atom is -0.428 e. The van der Waals surface area contributed by atoms with Gasteiger partial charge in [-0.3, -0.25) is 4.98 Å². The second-order valence-electron chi connectivity index (χ2n) is 5.22. The molecule has 2 heterocycles. The number of halogens is 4. The molecule has 0 saturated heterocycles. The summed E-state index contributed by atoms with van der Waals surface area (Å²) >= 11 is 0. The van der Waals surface area contributed by atoms with Crippen molar-refractivity contribution in [2.75, 3.05) is 5.73 Å². The molecule has 0 aliphatic heterocycles. The number of nitrogens with two attached hydrogens (primary N) is 1. The smallest absolute Gasteiger partial charge is 0.428 e. The van der Waals surface area contributed by atoms with Crippen LogP contribution in [0.3, 0.4) is 0 Å². The first-order valence-corrected chi connectivity index (χ1v) is 7.35. The minimum absolute atomic E-state index is 0.0178. The van der Waals surface area contributed by atoms with Gasteiger partial charge in [-0.2, -0.15) is 17.6 Å². The molecular weight excluding hydrogens is 352 g/mol. The Balaban J connectivity index is 2.04. The summed E-state index contributed by atoms with van der Waals surface area (Å²) in [5, 5.41) is 0. The van der Waals surface area contributed by atoms with Crippen molar-refractivity contribution in [1.29, 1.82) is 0 Å². The van der Waals surface area contributed by atoms with Crippen LogP contribution < -0.4 is 10.5 Å². The highest BCUT2D eigenvalue weighted by molar-refractivity contribution is 5.80. The molecule has 1 aromatic carbocycles. The van der Waals surface area contributed by atoms with Crippen molar-refractivity contribution < 1.29 is 22.3 Å². The number of ether oxygens (including phenoxy) is 1. The van der Waals surface area contributed by atoms with Gasteiger partial charge in [0.1, 0.15) is 5.75 Å². The Kier molecular flexibility index (Phi) is 4.70. The van der Waals surface area contributed by atoms with Crippen molar-refractivity contribution in [1.82, 2.24) is 15.0 Å². The van der Waals surface area contributed by atoms with Crippen LogP contribution in [0.1, 0.15) is 0 Å². The zero-order valence-electron chi connectivity index (χ0n) is 13.1. The number of pyridine rings is 1. The normalized spacial score (nSPS) is 11.6. The number of hydrogen-bond donors (Lipinski definition) is 1. The van der Waals surface area contributed by atoms with Crippen molar-refractivity contribution in [3.05, 3.63) is 55.0 Å². The zero-order chi connectivity index (χ0) is 18.7. The van der Waals surface area contributed by atoms with Crippen molar-refractivity contribution in [2.24, 2.45) is 0 Å².